The molecule has 0 saturated heterocycles. The first kappa shape index (κ1) is 15.8. The van der Waals surface area contributed by atoms with Crippen LogP contribution in [0.25, 0.3) is 16.9 Å². The molecule has 0 spiro atoms. The van der Waals surface area contributed by atoms with Crippen molar-refractivity contribution in [3.8, 4) is 5.82 Å². The number of benzene rings is 1. The summed E-state index contributed by atoms with van der Waals surface area (Å²) in [5.74, 6) is 0.662. The molecular formula is C15H12N6O2S2. The standard InChI is InChI=1S/C15H12N6O2S2/c22-25(23,13-4-1-3-12-15(13)20-24-19-12)18-10-11-5-6-14(16-9-11)21-8-2-7-17-21/h1-9,18H,10H2. The molecule has 3 aromatic heterocycles. The molecule has 25 heavy (non-hydrogen) atoms. The molecule has 0 aliphatic rings. The van der Waals surface area contributed by atoms with E-state index in [4.69, 9.17) is 0 Å². The first-order valence-electron chi connectivity index (χ1n) is 7.29. The number of nitrogens with zero attached hydrogens (tertiary/aromatic N) is 5. The zero-order valence-corrected chi connectivity index (χ0v) is 14.4. The number of fused-ring (bicyclic) bond motifs is 1. The highest BCUT2D eigenvalue weighted by atomic mass is 32.2. The predicted octanol–water partition coefficient (Wildman–Crippen LogP) is 1.75. The summed E-state index contributed by atoms with van der Waals surface area (Å²) in [6.45, 7) is 0.128. The van der Waals surface area contributed by atoms with Crippen LogP contribution in [0.15, 0.2) is 59.9 Å². The molecule has 0 amide bonds. The number of pyridine rings is 1. The molecule has 4 aromatic rings. The number of hydrogen-bond donors (Lipinski definition) is 1. The van der Waals surface area contributed by atoms with E-state index < -0.39 is 10.0 Å². The van der Waals surface area contributed by atoms with E-state index in [0.717, 1.165) is 17.3 Å². The van der Waals surface area contributed by atoms with Gasteiger partial charge in [0.05, 0.1) is 11.7 Å². The summed E-state index contributed by atoms with van der Waals surface area (Å²) in [5, 5.41) is 4.10. The van der Waals surface area contributed by atoms with Crippen LogP contribution in [0.2, 0.25) is 0 Å². The lowest BCUT2D eigenvalue weighted by Gasteiger charge is -2.07. The van der Waals surface area contributed by atoms with E-state index in [1.165, 1.54) is 6.07 Å². The average Bonchev–Trinajstić information content (AvgIpc) is 3.31. The van der Waals surface area contributed by atoms with Crippen molar-refractivity contribution in [1.29, 1.82) is 0 Å². The highest BCUT2D eigenvalue weighted by Gasteiger charge is 2.19. The second kappa shape index (κ2) is 6.31. The van der Waals surface area contributed by atoms with Gasteiger partial charge in [-0.2, -0.15) is 13.8 Å². The highest BCUT2D eigenvalue weighted by molar-refractivity contribution is 7.89. The van der Waals surface area contributed by atoms with Crippen molar-refractivity contribution in [2.24, 2.45) is 0 Å². The zero-order chi connectivity index (χ0) is 17.3. The summed E-state index contributed by atoms with van der Waals surface area (Å²) >= 11 is 0.987. The van der Waals surface area contributed by atoms with Crippen LogP contribution in [-0.2, 0) is 16.6 Å². The van der Waals surface area contributed by atoms with Crippen LogP contribution in [0.5, 0.6) is 0 Å². The molecule has 4 rings (SSSR count). The van der Waals surface area contributed by atoms with E-state index >= 15 is 0 Å². The molecule has 0 bridgehead atoms. The first-order valence-corrected chi connectivity index (χ1v) is 9.51. The number of rotatable bonds is 5. The van der Waals surface area contributed by atoms with Crippen LogP contribution >= 0.6 is 11.7 Å². The maximum absolute atomic E-state index is 12.6. The third-order valence-electron chi connectivity index (χ3n) is 3.55. The minimum Gasteiger partial charge on any atom is -0.237 e. The summed E-state index contributed by atoms with van der Waals surface area (Å²) in [6.07, 6.45) is 5.06. The first-order chi connectivity index (χ1) is 12.1. The van der Waals surface area contributed by atoms with Gasteiger partial charge in [-0.3, -0.25) is 0 Å². The maximum Gasteiger partial charge on any atom is 0.243 e. The van der Waals surface area contributed by atoms with Crippen LogP contribution in [0, 0.1) is 0 Å². The minimum absolute atomic E-state index is 0.125. The van der Waals surface area contributed by atoms with Crippen LogP contribution in [0.4, 0.5) is 0 Å². The van der Waals surface area contributed by atoms with Gasteiger partial charge in [-0.1, -0.05) is 12.1 Å². The van der Waals surface area contributed by atoms with Crippen molar-refractivity contribution in [3.63, 3.8) is 0 Å². The molecular weight excluding hydrogens is 360 g/mol. The Morgan fingerprint density at radius 2 is 2.04 bits per heavy atom. The van der Waals surface area contributed by atoms with Gasteiger partial charge in [-0.15, -0.1) is 0 Å². The number of nitrogens with one attached hydrogen (secondary N) is 1. The molecule has 1 aromatic carbocycles. The maximum atomic E-state index is 12.6. The molecule has 0 unspecified atom stereocenters. The lowest BCUT2D eigenvalue weighted by atomic mass is 10.3. The van der Waals surface area contributed by atoms with Gasteiger partial charge in [-0.05, 0) is 29.8 Å². The Morgan fingerprint density at radius 3 is 2.80 bits per heavy atom. The predicted molar refractivity (Wildman–Crippen MR) is 92.8 cm³/mol. The second-order valence-electron chi connectivity index (χ2n) is 5.19. The van der Waals surface area contributed by atoms with Crippen LogP contribution < -0.4 is 4.72 Å². The summed E-state index contributed by atoms with van der Waals surface area (Å²) in [5.41, 5.74) is 1.69. The number of sulfonamides is 1. The van der Waals surface area contributed by atoms with Crippen LogP contribution in [0.3, 0.4) is 0 Å². The van der Waals surface area contributed by atoms with Crippen molar-refractivity contribution >= 4 is 32.8 Å². The highest BCUT2D eigenvalue weighted by Crippen LogP contribution is 2.21. The van der Waals surface area contributed by atoms with Gasteiger partial charge in [0.1, 0.15) is 15.9 Å². The van der Waals surface area contributed by atoms with E-state index in [2.05, 4.69) is 23.6 Å². The largest absolute Gasteiger partial charge is 0.243 e. The smallest absolute Gasteiger partial charge is 0.237 e. The van der Waals surface area contributed by atoms with E-state index in [1.807, 2.05) is 0 Å². The Kier molecular flexibility index (Phi) is 3.99. The summed E-state index contributed by atoms with van der Waals surface area (Å²) in [7, 11) is -3.70. The van der Waals surface area contributed by atoms with Gasteiger partial charge in [0.2, 0.25) is 10.0 Å². The third-order valence-corrected chi connectivity index (χ3v) is 5.53. The summed E-state index contributed by atoms with van der Waals surface area (Å²) < 4.78 is 37.5. The fourth-order valence-electron chi connectivity index (χ4n) is 2.32. The summed E-state index contributed by atoms with van der Waals surface area (Å²) in [4.78, 5) is 4.41. The minimum atomic E-state index is -3.70. The molecule has 0 aliphatic carbocycles. The van der Waals surface area contributed by atoms with Crippen molar-refractivity contribution in [3.05, 3.63) is 60.6 Å². The Balaban J connectivity index is 1.53. The van der Waals surface area contributed by atoms with E-state index in [0.29, 0.717) is 16.9 Å². The lowest BCUT2D eigenvalue weighted by molar-refractivity contribution is 0.582. The van der Waals surface area contributed by atoms with E-state index in [9.17, 15) is 8.42 Å². The molecule has 126 valence electrons. The van der Waals surface area contributed by atoms with E-state index in [-0.39, 0.29) is 11.4 Å². The van der Waals surface area contributed by atoms with Gasteiger partial charge in [0, 0.05) is 25.1 Å². The molecule has 8 nitrogen and oxygen atoms in total. The number of aromatic nitrogens is 5. The fraction of sp³-hybridized carbons (Fsp3) is 0.0667. The second-order valence-corrected chi connectivity index (χ2v) is 7.45. The number of hydrogen-bond acceptors (Lipinski definition) is 7. The van der Waals surface area contributed by atoms with Crippen LogP contribution in [-0.4, -0.2) is 31.9 Å². The average molecular weight is 372 g/mol. The SMILES string of the molecule is O=S(=O)(NCc1ccc(-n2cccn2)nc1)c1cccc2nsnc12. The summed E-state index contributed by atoms with van der Waals surface area (Å²) in [6, 6.07) is 10.3. The topological polar surface area (TPSA) is 103 Å². The Hall–Kier alpha value is -2.69. The molecule has 1 N–H and O–H groups in total. The van der Waals surface area contributed by atoms with Crippen molar-refractivity contribution < 1.29 is 8.42 Å². The van der Waals surface area contributed by atoms with Gasteiger partial charge >= 0.3 is 0 Å². The van der Waals surface area contributed by atoms with Crippen molar-refractivity contribution in [2.45, 2.75) is 11.4 Å². The Morgan fingerprint density at radius 1 is 1.12 bits per heavy atom. The van der Waals surface area contributed by atoms with Gasteiger partial charge < -0.3 is 0 Å². The molecule has 0 atom stereocenters. The quantitative estimate of drug-likeness (QED) is 0.572. The molecule has 3 heterocycles. The molecule has 0 fully saturated rings. The zero-order valence-electron chi connectivity index (χ0n) is 12.8. The lowest BCUT2D eigenvalue weighted by Crippen LogP contribution is -2.23. The Labute approximate surface area is 147 Å². The third kappa shape index (κ3) is 3.14. The normalized spacial score (nSPS) is 11.8. The fourth-order valence-corrected chi connectivity index (χ4v) is 4.10. The van der Waals surface area contributed by atoms with Crippen molar-refractivity contribution in [2.75, 3.05) is 0 Å². The molecule has 0 radical (unpaired) electrons. The Bertz CT molecular complexity index is 1100. The monoisotopic (exact) mass is 372 g/mol. The molecule has 10 heteroatoms. The van der Waals surface area contributed by atoms with Crippen molar-refractivity contribution in [1.82, 2.24) is 28.2 Å². The van der Waals surface area contributed by atoms with Gasteiger partial charge in [-0.25, -0.2) is 22.8 Å². The van der Waals surface area contributed by atoms with E-state index in [1.54, 1.807) is 53.6 Å². The molecule has 0 saturated carbocycles. The van der Waals surface area contributed by atoms with Gasteiger partial charge in [0.15, 0.2) is 5.82 Å². The van der Waals surface area contributed by atoms with Gasteiger partial charge in [0.25, 0.3) is 0 Å². The van der Waals surface area contributed by atoms with Crippen LogP contribution in [0.1, 0.15) is 5.56 Å². The molecule has 0 aliphatic heterocycles.